The summed E-state index contributed by atoms with van der Waals surface area (Å²) >= 11 is 0. The summed E-state index contributed by atoms with van der Waals surface area (Å²) in [5.74, 6) is 0. The summed E-state index contributed by atoms with van der Waals surface area (Å²) in [6.07, 6.45) is 1.50. The minimum Gasteiger partial charge on any atom is -0.518 e. The quantitative estimate of drug-likeness (QED) is 0.585. The number of rotatable bonds is 0. The molecule has 0 rings (SSSR count). The molecule has 0 spiro atoms. The molecule has 0 heterocycles. The van der Waals surface area contributed by atoms with Crippen LogP contribution in [0.25, 0.3) is 0 Å². The van der Waals surface area contributed by atoms with E-state index >= 15 is 0 Å². The normalized spacial score (nSPS) is 2.60. The maximum Gasteiger partial charge on any atom is 0 e. The molecule has 0 bridgehead atoms. The van der Waals surface area contributed by atoms with Crippen LogP contribution in [0.15, 0.2) is 6.08 Å². The van der Waals surface area contributed by atoms with Crippen molar-refractivity contribution >= 4 is 0 Å². The second-order valence-corrected chi connectivity index (χ2v) is 0.333. The van der Waals surface area contributed by atoms with E-state index in [4.69, 9.17) is 6.58 Å². The summed E-state index contributed by atoms with van der Waals surface area (Å²) in [4.78, 5) is 0. The first-order valence-electron chi connectivity index (χ1n) is 0.911. The SMILES string of the molecule is [CH-]=CC.[W].[Y]. The predicted octanol–water partition coefficient (Wildman–Crippen LogP) is 0.990. The van der Waals surface area contributed by atoms with Crippen LogP contribution in [0.2, 0.25) is 0 Å². The van der Waals surface area contributed by atoms with Crippen LogP contribution in [0.1, 0.15) is 6.92 Å². The molecule has 0 amide bonds. The van der Waals surface area contributed by atoms with Gasteiger partial charge >= 0.3 is 0 Å². The smallest absolute Gasteiger partial charge is 0 e. The van der Waals surface area contributed by atoms with E-state index in [1.165, 1.54) is 6.08 Å². The largest absolute Gasteiger partial charge is 0.518 e. The van der Waals surface area contributed by atoms with Crippen molar-refractivity contribution in [2.75, 3.05) is 0 Å². The second-order valence-electron chi connectivity index (χ2n) is 0.333. The van der Waals surface area contributed by atoms with Crippen LogP contribution < -0.4 is 0 Å². The topological polar surface area (TPSA) is 0 Å². The van der Waals surface area contributed by atoms with Gasteiger partial charge in [-0.05, 0) is 0 Å². The second kappa shape index (κ2) is 17.7. The maximum atomic E-state index is 4.72. The first kappa shape index (κ1) is 16.0. The first-order chi connectivity index (χ1) is 1.41. The molecule has 0 nitrogen and oxygen atoms in total. The Balaban J connectivity index is -0.0000000200. The molecule has 0 aromatic rings. The maximum absolute atomic E-state index is 4.72. The summed E-state index contributed by atoms with van der Waals surface area (Å²) in [5.41, 5.74) is 0. The fourth-order valence-corrected chi connectivity index (χ4v) is 0. The number of hydrogen-bond acceptors (Lipinski definition) is 0. The molecule has 5 heavy (non-hydrogen) atoms. The molecule has 0 saturated heterocycles. The van der Waals surface area contributed by atoms with E-state index in [1.807, 2.05) is 0 Å². The van der Waals surface area contributed by atoms with E-state index < -0.39 is 0 Å². The van der Waals surface area contributed by atoms with Crippen molar-refractivity contribution in [2.45, 2.75) is 6.92 Å². The molecule has 0 aromatic carbocycles. The van der Waals surface area contributed by atoms with Crippen molar-refractivity contribution in [3.05, 3.63) is 12.7 Å². The monoisotopic (exact) mass is 314 g/mol. The van der Waals surface area contributed by atoms with Crippen molar-refractivity contribution in [1.82, 2.24) is 0 Å². The van der Waals surface area contributed by atoms with Crippen molar-refractivity contribution in [1.29, 1.82) is 0 Å². The molecule has 0 aliphatic rings. The van der Waals surface area contributed by atoms with Gasteiger partial charge in [0.05, 0.1) is 0 Å². The molecule has 2 heteroatoms. The zero-order valence-corrected chi connectivity index (χ0v) is 8.91. The minimum atomic E-state index is 0. The van der Waals surface area contributed by atoms with E-state index in [0.717, 1.165) is 0 Å². The fraction of sp³-hybridized carbons (Fsp3) is 0.333. The summed E-state index contributed by atoms with van der Waals surface area (Å²) in [6.45, 7) is 6.50. The Labute approximate surface area is 72.6 Å². The Bertz CT molecular complexity index is 14.4. The molecule has 0 atom stereocenters. The van der Waals surface area contributed by atoms with Crippen LogP contribution in [-0.4, -0.2) is 0 Å². The van der Waals surface area contributed by atoms with Gasteiger partial charge in [-0.1, -0.05) is 6.92 Å². The summed E-state index contributed by atoms with van der Waals surface area (Å²) < 4.78 is 0. The van der Waals surface area contributed by atoms with Crippen molar-refractivity contribution in [3.63, 3.8) is 0 Å². The standard InChI is InChI=1S/C3H5.W.Y/c1-3-2;;/h1,3H,2H3;;/q-1;;. The minimum absolute atomic E-state index is 0. The van der Waals surface area contributed by atoms with Gasteiger partial charge in [-0.15, -0.1) is 0 Å². The zero-order valence-electron chi connectivity index (χ0n) is 3.14. The molecule has 0 saturated carbocycles. The average Bonchev–Trinajstić information content (AvgIpc) is 0.918. The molecule has 0 aromatic heterocycles. The molecule has 0 N–H and O–H groups in total. The van der Waals surface area contributed by atoms with Crippen LogP contribution >= 0.6 is 0 Å². The van der Waals surface area contributed by atoms with Crippen molar-refractivity contribution in [3.8, 4) is 0 Å². The van der Waals surface area contributed by atoms with Gasteiger partial charge in [0.15, 0.2) is 0 Å². The van der Waals surface area contributed by atoms with Crippen molar-refractivity contribution < 1.29 is 53.8 Å². The molecule has 0 aliphatic carbocycles. The van der Waals surface area contributed by atoms with Gasteiger partial charge in [-0.3, -0.25) is 6.08 Å². The summed E-state index contributed by atoms with van der Waals surface area (Å²) in [6, 6.07) is 0. The Morgan fingerprint density at radius 1 is 1.60 bits per heavy atom. The van der Waals surface area contributed by atoms with E-state index in [-0.39, 0.29) is 53.8 Å². The van der Waals surface area contributed by atoms with Gasteiger partial charge in [0.25, 0.3) is 0 Å². The first-order valence-corrected chi connectivity index (χ1v) is 0.911. The van der Waals surface area contributed by atoms with Crippen LogP contribution in [0.5, 0.6) is 0 Å². The number of hydrogen-bond donors (Lipinski definition) is 0. The molecular weight excluding hydrogens is 309 g/mol. The Hall–Kier alpha value is 1.53. The third-order valence-electron chi connectivity index (χ3n) is 0. The molecular formula is C3H5WY-. The van der Waals surface area contributed by atoms with E-state index in [2.05, 4.69) is 0 Å². The van der Waals surface area contributed by atoms with E-state index in [9.17, 15) is 0 Å². The van der Waals surface area contributed by atoms with Gasteiger partial charge < -0.3 is 6.58 Å². The van der Waals surface area contributed by atoms with Crippen LogP contribution in [0, 0.1) is 6.58 Å². The van der Waals surface area contributed by atoms with E-state index in [1.54, 1.807) is 6.92 Å². The molecule has 1 radical (unpaired) electrons. The Kier molecular flexibility index (Phi) is 56.8. The molecule has 27 valence electrons. The van der Waals surface area contributed by atoms with Crippen LogP contribution in [0.4, 0.5) is 0 Å². The number of allylic oxidation sites excluding steroid dienone is 1. The Morgan fingerprint density at radius 3 is 1.60 bits per heavy atom. The summed E-state index contributed by atoms with van der Waals surface area (Å²) in [5, 5.41) is 0. The van der Waals surface area contributed by atoms with Gasteiger partial charge in [0.2, 0.25) is 0 Å². The predicted molar refractivity (Wildman–Crippen MR) is 14.5 cm³/mol. The van der Waals surface area contributed by atoms with Gasteiger partial charge in [0.1, 0.15) is 0 Å². The van der Waals surface area contributed by atoms with Crippen molar-refractivity contribution in [2.24, 2.45) is 0 Å². The Morgan fingerprint density at radius 2 is 1.60 bits per heavy atom. The zero-order chi connectivity index (χ0) is 2.71. The molecule has 0 aliphatic heterocycles. The summed E-state index contributed by atoms with van der Waals surface area (Å²) in [7, 11) is 0. The van der Waals surface area contributed by atoms with E-state index in [0.29, 0.717) is 0 Å². The average molecular weight is 314 g/mol. The van der Waals surface area contributed by atoms with Crippen LogP contribution in [0.3, 0.4) is 0 Å². The third kappa shape index (κ3) is 29.4. The molecule has 0 unspecified atom stereocenters. The molecule has 0 fully saturated rings. The van der Waals surface area contributed by atoms with Gasteiger partial charge in [-0.25, -0.2) is 0 Å². The van der Waals surface area contributed by atoms with Gasteiger partial charge in [0, 0.05) is 53.8 Å². The third-order valence-corrected chi connectivity index (χ3v) is 0. The van der Waals surface area contributed by atoms with Crippen LogP contribution in [-0.2, 0) is 53.8 Å². The van der Waals surface area contributed by atoms with Gasteiger partial charge in [-0.2, -0.15) is 0 Å². The fourth-order valence-electron chi connectivity index (χ4n) is 0.